The number of carbonyl (C=O) groups is 2. The molecule has 38 heavy (non-hydrogen) atoms. The van der Waals surface area contributed by atoms with E-state index in [0.717, 1.165) is 0 Å². The van der Waals surface area contributed by atoms with Crippen LogP contribution in [0.25, 0.3) is 0 Å². The van der Waals surface area contributed by atoms with Gasteiger partial charge in [0.25, 0.3) is 52.8 Å². The summed E-state index contributed by atoms with van der Waals surface area (Å²) in [5.74, 6) is -1.71. The van der Waals surface area contributed by atoms with Crippen molar-refractivity contribution in [3.8, 4) is 11.5 Å². The summed E-state index contributed by atoms with van der Waals surface area (Å²) in [5, 5.41) is 20.3. The maximum atomic E-state index is 10.9. The van der Waals surface area contributed by atoms with Gasteiger partial charge in [0.1, 0.15) is 9.79 Å². The SMILES string of the molecule is O=C([O-])Oc1ccc(S(=O)(=O)O)cc1S(=O)(=O)O.O=C([O-])Oc1ccc(S(=O)(=O)O)cc1S(=O)(=O)O.[Na+].[Na+]. The number of benzene rings is 2. The van der Waals surface area contributed by atoms with Crippen LogP contribution in [0.4, 0.5) is 9.59 Å². The van der Waals surface area contributed by atoms with Gasteiger partial charge in [-0.2, -0.15) is 33.7 Å². The van der Waals surface area contributed by atoms with E-state index in [4.69, 9.17) is 18.2 Å². The number of hydrogen-bond acceptors (Lipinski definition) is 14. The van der Waals surface area contributed by atoms with E-state index in [2.05, 4.69) is 9.47 Å². The zero-order valence-electron chi connectivity index (χ0n) is 18.6. The first kappa shape index (κ1) is 38.8. The standard InChI is InChI=1S/2C7H6O9S2.2Na/c2*8-7(9)16-5-2-1-4(17(10,11)12)3-6(5)18(13,14)15;;/h2*1-3H,(H,8,9)(H,10,11,12)(H,13,14,15);;/q;;2*+1/p-2. The quantitative estimate of drug-likeness (QED) is 0.0985. The van der Waals surface area contributed by atoms with Crippen LogP contribution in [0.1, 0.15) is 0 Å². The van der Waals surface area contributed by atoms with Gasteiger partial charge in [-0.25, -0.2) is 0 Å². The summed E-state index contributed by atoms with van der Waals surface area (Å²) in [6, 6.07) is 3.29. The van der Waals surface area contributed by atoms with Crippen LogP contribution in [-0.4, -0.2) is 64.2 Å². The predicted molar refractivity (Wildman–Crippen MR) is 104 cm³/mol. The van der Waals surface area contributed by atoms with Crippen LogP contribution >= 0.6 is 0 Å². The van der Waals surface area contributed by atoms with Crippen molar-refractivity contribution in [2.24, 2.45) is 0 Å². The van der Waals surface area contributed by atoms with Crippen molar-refractivity contribution in [2.45, 2.75) is 19.6 Å². The Bertz CT molecular complexity index is 1510. The van der Waals surface area contributed by atoms with Gasteiger partial charge in [-0.05, 0) is 36.4 Å². The molecule has 2 aromatic rings. The Morgan fingerprint density at radius 1 is 0.553 bits per heavy atom. The molecule has 2 rings (SSSR count). The van der Waals surface area contributed by atoms with Crippen LogP contribution in [0.2, 0.25) is 0 Å². The maximum absolute atomic E-state index is 10.9. The summed E-state index contributed by atoms with van der Waals surface area (Å²) in [6.07, 6.45) is -4.22. The van der Waals surface area contributed by atoms with E-state index in [1.807, 2.05) is 0 Å². The van der Waals surface area contributed by atoms with Gasteiger partial charge in [-0.3, -0.25) is 18.2 Å². The maximum Gasteiger partial charge on any atom is 1.00 e. The Morgan fingerprint density at radius 3 is 1.00 bits per heavy atom. The van der Waals surface area contributed by atoms with Crippen LogP contribution in [0.5, 0.6) is 11.5 Å². The van der Waals surface area contributed by atoms with Crippen molar-refractivity contribution >= 4 is 52.8 Å². The Labute approximate surface area is 258 Å². The molecule has 0 aliphatic carbocycles. The fourth-order valence-corrected chi connectivity index (χ4v) is 4.49. The third kappa shape index (κ3) is 12.2. The number of rotatable bonds is 6. The van der Waals surface area contributed by atoms with Crippen molar-refractivity contribution in [3.05, 3.63) is 36.4 Å². The van der Waals surface area contributed by atoms with E-state index in [-0.39, 0.29) is 59.1 Å². The molecular formula is C14H10Na2O18S4. The summed E-state index contributed by atoms with van der Waals surface area (Å²) in [7, 11) is -19.4. The Morgan fingerprint density at radius 2 is 0.816 bits per heavy atom. The van der Waals surface area contributed by atoms with E-state index in [0.29, 0.717) is 36.4 Å². The third-order valence-corrected chi connectivity index (χ3v) is 6.82. The monoisotopic (exact) mass is 640 g/mol. The average molecular weight is 640 g/mol. The normalized spacial score (nSPS) is 11.5. The second kappa shape index (κ2) is 14.3. The largest absolute Gasteiger partial charge is 1.00 e. The summed E-state index contributed by atoms with van der Waals surface area (Å²) in [4.78, 5) is 16.3. The fourth-order valence-electron chi connectivity index (χ4n) is 2.05. The molecule has 200 valence electrons. The van der Waals surface area contributed by atoms with Gasteiger partial charge < -0.3 is 29.3 Å². The van der Waals surface area contributed by atoms with E-state index >= 15 is 0 Å². The van der Waals surface area contributed by atoms with Crippen molar-refractivity contribution in [1.82, 2.24) is 0 Å². The van der Waals surface area contributed by atoms with Crippen LogP contribution in [0.15, 0.2) is 56.0 Å². The van der Waals surface area contributed by atoms with Crippen molar-refractivity contribution in [2.75, 3.05) is 0 Å². The Hall–Kier alpha value is -1.38. The molecule has 0 amide bonds. The molecule has 2 aromatic carbocycles. The number of hydrogen-bond donors (Lipinski definition) is 4. The zero-order valence-corrected chi connectivity index (χ0v) is 25.9. The van der Waals surface area contributed by atoms with Gasteiger partial charge in [-0.15, -0.1) is 0 Å². The molecule has 0 unspecified atom stereocenters. The van der Waals surface area contributed by atoms with Crippen molar-refractivity contribution in [3.63, 3.8) is 0 Å². The molecule has 0 saturated carbocycles. The minimum atomic E-state index is -4.95. The van der Waals surface area contributed by atoms with Gasteiger partial charge in [-0.1, -0.05) is 0 Å². The summed E-state index contributed by atoms with van der Waals surface area (Å²) in [5.41, 5.74) is 0. The molecule has 0 atom stereocenters. The second-order valence-electron chi connectivity index (χ2n) is 5.82. The molecule has 0 aliphatic rings. The molecule has 0 radical (unpaired) electrons. The van der Waals surface area contributed by atoms with Gasteiger partial charge in [0.2, 0.25) is 0 Å². The van der Waals surface area contributed by atoms with Gasteiger partial charge in [0, 0.05) is 0 Å². The average Bonchev–Trinajstić information content (AvgIpc) is 2.64. The molecule has 18 nitrogen and oxygen atoms in total. The Balaban J connectivity index is 0. The molecule has 0 aliphatic heterocycles. The van der Waals surface area contributed by atoms with Crippen LogP contribution in [0.3, 0.4) is 0 Å². The minimum absolute atomic E-state index is 0. The molecule has 4 N–H and O–H groups in total. The molecular weight excluding hydrogens is 630 g/mol. The summed E-state index contributed by atoms with van der Waals surface area (Å²) >= 11 is 0. The van der Waals surface area contributed by atoms with Gasteiger partial charge in [0.05, 0.1) is 21.3 Å². The van der Waals surface area contributed by atoms with Crippen LogP contribution in [0, 0.1) is 0 Å². The molecule has 0 saturated heterocycles. The van der Waals surface area contributed by atoms with E-state index in [9.17, 15) is 53.5 Å². The van der Waals surface area contributed by atoms with E-state index in [1.54, 1.807) is 0 Å². The smallest absolute Gasteiger partial charge is 0.513 e. The van der Waals surface area contributed by atoms with Crippen LogP contribution in [-0.2, 0) is 40.5 Å². The van der Waals surface area contributed by atoms with Crippen LogP contribution < -0.4 is 78.8 Å². The second-order valence-corrected chi connectivity index (χ2v) is 11.4. The summed E-state index contributed by atoms with van der Waals surface area (Å²) in [6.45, 7) is 0. The Kier molecular flexibility index (Phi) is 14.6. The molecule has 0 heterocycles. The number of carbonyl (C=O) groups excluding carboxylic acids is 2. The molecule has 0 bridgehead atoms. The molecule has 0 aromatic heterocycles. The first-order valence-electron chi connectivity index (χ1n) is 7.99. The van der Waals surface area contributed by atoms with E-state index in [1.165, 1.54) is 0 Å². The minimum Gasteiger partial charge on any atom is -0.513 e. The molecule has 0 spiro atoms. The van der Waals surface area contributed by atoms with Gasteiger partial charge in [0.15, 0.2) is 0 Å². The first-order valence-corrected chi connectivity index (χ1v) is 13.7. The molecule has 24 heteroatoms. The zero-order chi connectivity index (χ0) is 28.3. The number of carboxylic acid groups (broad SMARTS) is 2. The van der Waals surface area contributed by atoms with E-state index < -0.39 is 83.9 Å². The number of ether oxygens (including phenoxy) is 2. The first-order chi connectivity index (χ1) is 16.0. The fraction of sp³-hybridized carbons (Fsp3) is 0. The topological polar surface area (TPSA) is 316 Å². The predicted octanol–water partition coefficient (Wildman–Crippen LogP) is -8.19. The molecule has 0 fully saturated rings. The summed E-state index contributed by atoms with van der Waals surface area (Å²) < 4.78 is 129. The third-order valence-electron chi connectivity index (χ3n) is 3.37. The van der Waals surface area contributed by atoms with Crippen molar-refractivity contribution < 1.29 is 140 Å². The van der Waals surface area contributed by atoms with Gasteiger partial charge >= 0.3 is 59.1 Å². The van der Waals surface area contributed by atoms with Crippen molar-refractivity contribution in [1.29, 1.82) is 0 Å².